The molecular weight excluding hydrogens is 384 g/mol. The molecule has 23 heavy (non-hydrogen) atoms. The lowest BCUT2D eigenvalue weighted by molar-refractivity contribution is -0.147. The highest BCUT2D eigenvalue weighted by molar-refractivity contribution is 9.10. The molecule has 0 spiro atoms. The maximum Gasteiger partial charge on any atom is 0.340 e. The Morgan fingerprint density at radius 3 is 2.74 bits per heavy atom. The minimum absolute atomic E-state index is 0.287. The van der Waals surface area contributed by atoms with Gasteiger partial charge in [0.2, 0.25) is 0 Å². The Labute approximate surface area is 148 Å². The van der Waals surface area contributed by atoms with E-state index in [0.29, 0.717) is 15.2 Å². The van der Waals surface area contributed by atoms with Crippen LogP contribution in [0.4, 0.5) is 0 Å². The van der Waals surface area contributed by atoms with Gasteiger partial charge in [0, 0.05) is 5.02 Å². The van der Waals surface area contributed by atoms with Crippen LogP contribution in [0.2, 0.25) is 5.02 Å². The maximum absolute atomic E-state index is 12.1. The Hall–Kier alpha value is -1.56. The van der Waals surface area contributed by atoms with Gasteiger partial charge in [-0.25, -0.2) is 4.79 Å². The zero-order valence-corrected chi connectivity index (χ0v) is 15.1. The SMILES string of the molecule is COc1cccc(COC(C)C(=O)Oc2ccc(Cl)cc2Br)c1. The van der Waals surface area contributed by atoms with E-state index in [9.17, 15) is 4.79 Å². The van der Waals surface area contributed by atoms with Gasteiger partial charge in [0.25, 0.3) is 0 Å². The summed E-state index contributed by atoms with van der Waals surface area (Å²) in [5.41, 5.74) is 0.914. The molecule has 2 aromatic rings. The fourth-order valence-electron chi connectivity index (χ4n) is 1.80. The van der Waals surface area contributed by atoms with E-state index in [1.165, 1.54) is 0 Å². The highest BCUT2D eigenvalue weighted by atomic mass is 79.9. The van der Waals surface area contributed by atoms with Gasteiger partial charge in [0.1, 0.15) is 11.5 Å². The Bertz CT molecular complexity index is 690. The van der Waals surface area contributed by atoms with E-state index in [0.717, 1.165) is 11.3 Å². The molecule has 0 saturated carbocycles. The van der Waals surface area contributed by atoms with E-state index < -0.39 is 12.1 Å². The molecule has 0 amide bonds. The van der Waals surface area contributed by atoms with Crippen molar-refractivity contribution < 1.29 is 19.0 Å². The van der Waals surface area contributed by atoms with Crippen molar-refractivity contribution in [1.82, 2.24) is 0 Å². The molecule has 0 fully saturated rings. The van der Waals surface area contributed by atoms with Crippen LogP contribution >= 0.6 is 27.5 Å². The van der Waals surface area contributed by atoms with Gasteiger partial charge in [-0.3, -0.25) is 0 Å². The van der Waals surface area contributed by atoms with Crippen LogP contribution in [0.15, 0.2) is 46.9 Å². The standard InChI is InChI=1S/C17H16BrClO4/c1-11(22-10-12-4-3-5-14(8-12)21-2)17(20)23-16-7-6-13(19)9-15(16)18/h3-9,11H,10H2,1-2H3. The average Bonchev–Trinajstić information content (AvgIpc) is 2.55. The summed E-state index contributed by atoms with van der Waals surface area (Å²) in [6.07, 6.45) is -0.705. The van der Waals surface area contributed by atoms with Crippen molar-refractivity contribution in [2.45, 2.75) is 19.6 Å². The van der Waals surface area contributed by atoms with Gasteiger partial charge in [-0.15, -0.1) is 0 Å². The van der Waals surface area contributed by atoms with E-state index in [1.54, 1.807) is 32.2 Å². The first-order valence-corrected chi connectivity index (χ1v) is 8.08. The Morgan fingerprint density at radius 2 is 2.04 bits per heavy atom. The van der Waals surface area contributed by atoms with Crippen LogP contribution in [0.1, 0.15) is 12.5 Å². The summed E-state index contributed by atoms with van der Waals surface area (Å²) < 4.78 is 16.6. The van der Waals surface area contributed by atoms with Gasteiger partial charge >= 0.3 is 5.97 Å². The number of hydrogen-bond acceptors (Lipinski definition) is 4. The highest BCUT2D eigenvalue weighted by Gasteiger charge is 2.17. The minimum atomic E-state index is -0.705. The predicted octanol–water partition coefficient (Wildman–Crippen LogP) is 4.62. The van der Waals surface area contributed by atoms with Crippen LogP contribution in [0.3, 0.4) is 0 Å². The second-order valence-corrected chi connectivity index (χ2v) is 6.09. The summed E-state index contributed by atoms with van der Waals surface area (Å²) in [7, 11) is 1.60. The van der Waals surface area contributed by atoms with Crippen LogP contribution < -0.4 is 9.47 Å². The minimum Gasteiger partial charge on any atom is -0.497 e. The van der Waals surface area contributed by atoms with Crippen molar-refractivity contribution in [2.75, 3.05) is 7.11 Å². The third kappa shape index (κ3) is 5.23. The zero-order chi connectivity index (χ0) is 16.8. The molecule has 0 bridgehead atoms. The third-order valence-electron chi connectivity index (χ3n) is 3.07. The fourth-order valence-corrected chi connectivity index (χ4v) is 2.56. The van der Waals surface area contributed by atoms with E-state index in [4.69, 9.17) is 25.8 Å². The quantitative estimate of drug-likeness (QED) is 0.525. The molecule has 122 valence electrons. The molecule has 0 aliphatic heterocycles. The number of methoxy groups -OCH3 is 1. The van der Waals surface area contributed by atoms with Crippen LogP contribution in [-0.2, 0) is 16.1 Å². The van der Waals surface area contributed by atoms with Crippen LogP contribution in [0.25, 0.3) is 0 Å². The van der Waals surface area contributed by atoms with Crippen molar-refractivity contribution in [3.63, 3.8) is 0 Å². The smallest absolute Gasteiger partial charge is 0.340 e. The van der Waals surface area contributed by atoms with Crippen LogP contribution in [0, 0.1) is 0 Å². The summed E-state index contributed by atoms with van der Waals surface area (Å²) in [5, 5.41) is 0.555. The second kappa shape index (κ2) is 8.34. The summed E-state index contributed by atoms with van der Waals surface area (Å²) in [6.45, 7) is 1.93. The predicted molar refractivity (Wildman–Crippen MR) is 92.0 cm³/mol. The van der Waals surface area contributed by atoms with E-state index in [2.05, 4.69) is 15.9 Å². The Balaban J connectivity index is 1.91. The number of rotatable bonds is 6. The normalized spacial score (nSPS) is 11.8. The number of hydrogen-bond donors (Lipinski definition) is 0. The molecule has 0 aliphatic carbocycles. The molecule has 0 heterocycles. The van der Waals surface area contributed by atoms with Gasteiger partial charge in [0.05, 0.1) is 18.2 Å². The monoisotopic (exact) mass is 398 g/mol. The molecule has 0 aromatic heterocycles. The summed E-state index contributed by atoms with van der Waals surface area (Å²) >= 11 is 9.15. The fraction of sp³-hybridized carbons (Fsp3) is 0.235. The first-order chi connectivity index (χ1) is 11.0. The number of carbonyl (C=O) groups excluding carboxylic acids is 1. The Morgan fingerprint density at radius 1 is 1.26 bits per heavy atom. The van der Waals surface area contributed by atoms with Crippen molar-refractivity contribution in [1.29, 1.82) is 0 Å². The molecule has 1 atom stereocenters. The van der Waals surface area contributed by atoms with Crippen LogP contribution in [-0.4, -0.2) is 19.2 Å². The van der Waals surface area contributed by atoms with Crippen molar-refractivity contribution >= 4 is 33.5 Å². The van der Waals surface area contributed by atoms with E-state index >= 15 is 0 Å². The molecule has 2 rings (SSSR count). The highest BCUT2D eigenvalue weighted by Crippen LogP contribution is 2.28. The molecule has 0 radical (unpaired) electrons. The van der Waals surface area contributed by atoms with Crippen molar-refractivity contribution in [3.8, 4) is 11.5 Å². The lowest BCUT2D eigenvalue weighted by atomic mass is 10.2. The molecular formula is C17H16BrClO4. The average molecular weight is 400 g/mol. The number of ether oxygens (including phenoxy) is 3. The van der Waals surface area contributed by atoms with Gasteiger partial charge < -0.3 is 14.2 Å². The summed E-state index contributed by atoms with van der Waals surface area (Å²) in [5.74, 6) is 0.665. The Kier molecular flexibility index (Phi) is 6.45. The van der Waals surface area contributed by atoms with Crippen molar-refractivity contribution in [2.24, 2.45) is 0 Å². The third-order valence-corrected chi connectivity index (χ3v) is 3.93. The topological polar surface area (TPSA) is 44.8 Å². The molecule has 2 aromatic carbocycles. The molecule has 4 nitrogen and oxygen atoms in total. The van der Waals surface area contributed by atoms with E-state index in [-0.39, 0.29) is 6.61 Å². The molecule has 6 heteroatoms. The maximum atomic E-state index is 12.1. The largest absolute Gasteiger partial charge is 0.497 e. The lowest BCUT2D eigenvalue weighted by Gasteiger charge is -2.13. The number of halogens is 2. The summed E-state index contributed by atoms with van der Waals surface area (Å²) in [4.78, 5) is 12.1. The second-order valence-electron chi connectivity index (χ2n) is 4.80. The first-order valence-electron chi connectivity index (χ1n) is 6.91. The van der Waals surface area contributed by atoms with Crippen molar-refractivity contribution in [3.05, 3.63) is 57.5 Å². The number of carbonyl (C=O) groups is 1. The summed E-state index contributed by atoms with van der Waals surface area (Å²) in [6, 6.07) is 12.4. The number of benzene rings is 2. The molecule has 1 unspecified atom stereocenters. The molecule has 0 saturated heterocycles. The van der Waals surface area contributed by atoms with Gasteiger partial charge in [0.15, 0.2) is 6.10 Å². The molecule has 0 N–H and O–H groups in total. The first kappa shape index (κ1) is 17.8. The van der Waals surface area contributed by atoms with E-state index in [1.807, 2.05) is 24.3 Å². The molecule has 0 aliphatic rings. The van der Waals surface area contributed by atoms with Crippen LogP contribution in [0.5, 0.6) is 11.5 Å². The lowest BCUT2D eigenvalue weighted by Crippen LogP contribution is -2.25. The zero-order valence-electron chi connectivity index (χ0n) is 12.7. The van der Waals surface area contributed by atoms with Gasteiger partial charge in [-0.2, -0.15) is 0 Å². The number of esters is 1. The van der Waals surface area contributed by atoms with Gasteiger partial charge in [-0.1, -0.05) is 23.7 Å². The van der Waals surface area contributed by atoms with Gasteiger partial charge in [-0.05, 0) is 58.7 Å².